The lowest BCUT2D eigenvalue weighted by molar-refractivity contribution is -0.131. The third kappa shape index (κ3) is 1.93. The van der Waals surface area contributed by atoms with Crippen molar-refractivity contribution < 1.29 is 4.79 Å². The summed E-state index contributed by atoms with van der Waals surface area (Å²) in [6.07, 6.45) is 1.12. The van der Waals surface area contributed by atoms with E-state index >= 15 is 0 Å². The van der Waals surface area contributed by atoms with E-state index in [9.17, 15) is 4.79 Å². The largest absolute Gasteiger partial charge is 0.341 e. The van der Waals surface area contributed by atoms with Crippen LogP contribution in [0, 0.1) is 5.92 Å². The van der Waals surface area contributed by atoms with Gasteiger partial charge in [-0.1, -0.05) is 6.92 Å². The molecule has 1 heterocycles. The van der Waals surface area contributed by atoms with Gasteiger partial charge in [-0.05, 0) is 19.3 Å². The van der Waals surface area contributed by atoms with Gasteiger partial charge in [0, 0.05) is 13.1 Å². The fraction of sp³-hybridized carbons (Fsp3) is 0.875. The molecule has 0 saturated carbocycles. The Labute approximate surface area is 67.5 Å². The number of hydrogen-bond donors (Lipinski definition) is 1. The maximum atomic E-state index is 11.3. The topological polar surface area (TPSA) is 46.3 Å². The zero-order chi connectivity index (χ0) is 8.43. The second kappa shape index (κ2) is 3.22. The molecule has 3 heteroatoms. The summed E-state index contributed by atoms with van der Waals surface area (Å²) in [5.41, 5.74) is 5.47. The average Bonchev–Trinajstić information content (AvgIpc) is 2.34. The SMILES string of the molecule is CC1CCN(C(=O)[C@H](C)N)C1. The molecule has 0 radical (unpaired) electrons. The quantitative estimate of drug-likeness (QED) is 0.589. The minimum atomic E-state index is -0.333. The number of nitrogens with zero attached hydrogens (tertiary/aromatic N) is 1. The van der Waals surface area contributed by atoms with E-state index in [1.807, 2.05) is 4.90 Å². The van der Waals surface area contributed by atoms with Gasteiger partial charge in [0.2, 0.25) is 5.91 Å². The van der Waals surface area contributed by atoms with E-state index in [4.69, 9.17) is 5.73 Å². The van der Waals surface area contributed by atoms with Crippen LogP contribution in [-0.4, -0.2) is 29.9 Å². The molecule has 1 rings (SSSR count). The third-order valence-corrected chi connectivity index (χ3v) is 2.13. The van der Waals surface area contributed by atoms with Gasteiger partial charge in [0.25, 0.3) is 0 Å². The second-order valence-corrected chi connectivity index (χ2v) is 3.47. The highest BCUT2D eigenvalue weighted by Gasteiger charge is 2.24. The fourth-order valence-corrected chi connectivity index (χ4v) is 1.42. The Bertz CT molecular complexity index is 156. The highest BCUT2D eigenvalue weighted by atomic mass is 16.2. The third-order valence-electron chi connectivity index (χ3n) is 2.13. The monoisotopic (exact) mass is 156 g/mol. The predicted molar refractivity (Wildman–Crippen MR) is 44.0 cm³/mol. The lowest BCUT2D eigenvalue weighted by atomic mass is 10.2. The molecule has 1 aliphatic rings. The first-order valence-electron chi connectivity index (χ1n) is 4.15. The van der Waals surface area contributed by atoms with E-state index in [1.165, 1.54) is 0 Å². The zero-order valence-corrected chi connectivity index (χ0v) is 7.21. The Morgan fingerprint density at radius 3 is 2.73 bits per heavy atom. The molecule has 2 atom stereocenters. The molecule has 0 aromatic rings. The van der Waals surface area contributed by atoms with Gasteiger partial charge in [-0.2, -0.15) is 0 Å². The summed E-state index contributed by atoms with van der Waals surface area (Å²) in [7, 11) is 0. The van der Waals surface area contributed by atoms with Crippen LogP contribution in [0.3, 0.4) is 0 Å². The van der Waals surface area contributed by atoms with Gasteiger partial charge in [0.1, 0.15) is 0 Å². The molecule has 1 saturated heterocycles. The van der Waals surface area contributed by atoms with Crippen molar-refractivity contribution in [2.45, 2.75) is 26.3 Å². The van der Waals surface area contributed by atoms with Crippen LogP contribution in [0.1, 0.15) is 20.3 Å². The first-order chi connectivity index (χ1) is 5.11. The number of nitrogens with two attached hydrogens (primary N) is 1. The predicted octanol–water partition coefficient (Wildman–Crippen LogP) is 0.202. The number of carbonyl (C=O) groups is 1. The molecule has 1 amide bonds. The molecule has 0 spiro atoms. The summed E-state index contributed by atoms with van der Waals surface area (Å²) in [6, 6.07) is -0.333. The maximum Gasteiger partial charge on any atom is 0.239 e. The van der Waals surface area contributed by atoms with Crippen molar-refractivity contribution in [3.8, 4) is 0 Å². The van der Waals surface area contributed by atoms with E-state index in [0.717, 1.165) is 19.5 Å². The van der Waals surface area contributed by atoms with Crippen molar-refractivity contribution in [1.29, 1.82) is 0 Å². The maximum absolute atomic E-state index is 11.3. The van der Waals surface area contributed by atoms with Crippen LogP contribution in [-0.2, 0) is 4.79 Å². The van der Waals surface area contributed by atoms with Gasteiger partial charge in [-0.25, -0.2) is 0 Å². The van der Waals surface area contributed by atoms with Gasteiger partial charge >= 0.3 is 0 Å². The minimum Gasteiger partial charge on any atom is -0.341 e. The number of hydrogen-bond acceptors (Lipinski definition) is 2. The van der Waals surface area contributed by atoms with Crippen molar-refractivity contribution in [1.82, 2.24) is 4.90 Å². The molecular formula is C8H16N2O. The molecule has 3 nitrogen and oxygen atoms in total. The Kier molecular flexibility index (Phi) is 2.49. The lowest BCUT2D eigenvalue weighted by Crippen LogP contribution is -2.40. The molecule has 0 aromatic heterocycles. The van der Waals surface area contributed by atoms with Gasteiger partial charge in [0.05, 0.1) is 6.04 Å². The van der Waals surface area contributed by atoms with Gasteiger partial charge in [-0.15, -0.1) is 0 Å². The standard InChI is InChI=1S/C8H16N2O/c1-6-3-4-10(5-6)8(11)7(2)9/h6-7H,3-5,9H2,1-2H3/t6?,7-/m0/s1. The first-order valence-corrected chi connectivity index (χ1v) is 4.15. The van der Waals surface area contributed by atoms with Crippen molar-refractivity contribution >= 4 is 5.91 Å². The van der Waals surface area contributed by atoms with Crippen molar-refractivity contribution in [3.63, 3.8) is 0 Å². The van der Waals surface area contributed by atoms with Crippen LogP contribution in [0.5, 0.6) is 0 Å². The molecule has 2 N–H and O–H groups in total. The molecule has 0 bridgehead atoms. The number of rotatable bonds is 1. The summed E-state index contributed by atoms with van der Waals surface area (Å²) < 4.78 is 0. The Balaban J connectivity index is 2.43. The molecule has 64 valence electrons. The Morgan fingerprint density at radius 1 is 1.73 bits per heavy atom. The van der Waals surface area contributed by atoms with E-state index in [-0.39, 0.29) is 11.9 Å². The summed E-state index contributed by atoms with van der Waals surface area (Å²) in [6.45, 7) is 5.68. The van der Waals surface area contributed by atoms with E-state index in [0.29, 0.717) is 5.92 Å². The molecule has 1 unspecified atom stereocenters. The molecule has 11 heavy (non-hydrogen) atoms. The first kappa shape index (κ1) is 8.53. The van der Waals surface area contributed by atoms with Gasteiger partial charge in [-0.3, -0.25) is 4.79 Å². The average molecular weight is 156 g/mol. The number of amides is 1. The smallest absolute Gasteiger partial charge is 0.239 e. The molecule has 0 aliphatic carbocycles. The molecule has 1 fully saturated rings. The van der Waals surface area contributed by atoms with E-state index in [2.05, 4.69) is 6.92 Å². The highest BCUT2D eigenvalue weighted by Crippen LogP contribution is 2.15. The molecule has 0 aromatic carbocycles. The van der Waals surface area contributed by atoms with Crippen LogP contribution in [0.25, 0.3) is 0 Å². The number of carbonyl (C=O) groups excluding carboxylic acids is 1. The van der Waals surface area contributed by atoms with Crippen LogP contribution in [0.2, 0.25) is 0 Å². The zero-order valence-electron chi connectivity index (χ0n) is 7.21. The fourth-order valence-electron chi connectivity index (χ4n) is 1.42. The van der Waals surface area contributed by atoms with Crippen molar-refractivity contribution in [2.24, 2.45) is 11.7 Å². The van der Waals surface area contributed by atoms with Crippen LogP contribution >= 0.6 is 0 Å². The highest BCUT2D eigenvalue weighted by molar-refractivity contribution is 5.81. The van der Waals surface area contributed by atoms with Gasteiger partial charge in [0.15, 0.2) is 0 Å². The van der Waals surface area contributed by atoms with Gasteiger partial charge < -0.3 is 10.6 Å². The normalized spacial score (nSPS) is 27.2. The second-order valence-electron chi connectivity index (χ2n) is 3.47. The Hall–Kier alpha value is -0.570. The van der Waals surface area contributed by atoms with Crippen molar-refractivity contribution in [3.05, 3.63) is 0 Å². The molecular weight excluding hydrogens is 140 g/mol. The van der Waals surface area contributed by atoms with Crippen molar-refractivity contribution in [2.75, 3.05) is 13.1 Å². The van der Waals surface area contributed by atoms with Crippen LogP contribution in [0.4, 0.5) is 0 Å². The molecule has 1 aliphatic heterocycles. The van der Waals surface area contributed by atoms with Crippen LogP contribution < -0.4 is 5.73 Å². The summed E-state index contributed by atoms with van der Waals surface area (Å²) in [4.78, 5) is 13.1. The number of likely N-dealkylation sites (tertiary alicyclic amines) is 1. The van der Waals surface area contributed by atoms with Crippen LogP contribution in [0.15, 0.2) is 0 Å². The Morgan fingerprint density at radius 2 is 2.36 bits per heavy atom. The lowest BCUT2D eigenvalue weighted by Gasteiger charge is -2.17. The van der Waals surface area contributed by atoms with E-state index < -0.39 is 0 Å². The minimum absolute atomic E-state index is 0.0920. The van der Waals surface area contributed by atoms with E-state index in [1.54, 1.807) is 6.92 Å². The summed E-state index contributed by atoms with van der Waals surface area (Å²) in [5, 5.41) is 0. The summed E-state index contributed by atoms with van der Waals surface area (Å²) >= 11 is 0. The summed E-state index contributed by atoms with van der Waals surface area (Å²) in [5.74, 6) is 0.743.